The van der Waals surface area contributed by atoms with Crippen LogP contribution in [0.15, 0.2) is 77.4 Å². The average molecular weight is 409 g/mol. The van der Waals surface area contributed by atoms with Crippen LogP contribution in [0.25, 0.3) is 11.1 Å². The third-order valence-electron chi connectivity index (χ3n) is 4.90. The van der Waals surface area contributed by atoms with Crippen LogP contribution in [-0.4, -0.2) is 33.6 Å². The highest BCUT2D eigenvalue weighted by Crippen LogP contribution is 2.26. The van der Waals surface area contributed by atoms with Gasteiger partial charge in [0.2, 0.25) is 0 Å². The quantitative estimate of drug-likeness (QED) is 0.487. The van der Waals surface area contributed by atoms with Crippen molar-refractivity contribution in [3.8, 4) is 0 Å². The third kappa shape index (κ3) is 4.06. The van der Waals surface area contributed by atoms with E-state index in [0.717, 1.165) is 16.6 Å². The molecule has 0 atom stereocenters. The van der Waals surface area contributed by atoms with Crippen molar-refractivity contribution < 1.29 is 14.3 Å². The number of benzene rings is 2. The number of hydrogen-bond acceptors (Lipinski definition) is 3. The number of amides is 1. The molecule has 5 nitrogen and oxygen atoms in total. The number of fused-ring (bicyclic) bond motifs is 1. The van der Waals surface area contributed by atoms with Gasteiger partial charge in [-0.1, -0.05) is 60.1 Å². The number of aliphatic hydroxyl groups excluding tert-OH is 1. The maximum absolute atomic E-state index is 13.4. The molecule has 1 amide bonds. The van der Waals surface area contributed by atoms with Gasteiger partial charge in [-0.05, 0) is 17.2 Å². The standard InChI is InChI=1S/C23H21ClN2O3/c24-19-9-5-4-8-18(19)16-26-20-10-13-29-22(20)14-21(26)23(28)25(11-12-27)15-17-6-2-1-3-7-17/h1-10,13-14,27H,11-12,15-16H2. The van der Waals surface area contributed by atoms with E-state index >= 15 is 0 Å². The normalized spacial score (nSPS) is 11.1. The van der Waals surface area contributed by atoms with E-state index in [1.807, 2.05) is 65.2 Å². The second kappa shape index (κ2) is 8.55. The molecule has 0 spiro atoms. The van der Waals surface area contributed by atoms with Crippen molar-refractivity contribution in [2.75, 3.05) is 13.2 Å². The summed E-state index contributed by atoms with van der Waals surface area (Å²) in [4.78, 5) is 15.1. The van der Waals surface area contributed by atoms with E-state index in [4.69, 9.17) is 16.0 Å². The van der Waals surface area contributed by atoms with E-state index in [-0.39, 0.29) is 19.1 Å². The minimum atomic E-state index is -0.165. The highest BCUT2D eigenvalue weighted by atomic mass is 35.5. The minimum absolute atomic E-state index is 0.111. The summed E-state index contributed by atoms with van der Waals surface area (Å²) in [5, 5.41) is 10.2. The molecule has 4 aromatic rings. The lowest BCUT2D eigenvalue weighted by molar-refractivity contribution is 0.0698. The Morgan fingerprint density at radius 2 is 1.83 bits per heavy atom. The van der Waals surface area contributed by atoms with Crippen LogP contribution in [0, 0.1) is 0 Å². The molecule has 0 radical (unpaired) electrons. The van der Waals surface area contributed by atoms with Crippen LogP contribution in [0.1, 0.15) is 21.6 Å². The van der Waals surface area contributed by atoms with Gasteiger partial charge in [0, 0.05) is 36.8 Å². The summed E-state index contributed by atoms with van der Waals surface area (Å²) < 4.78 is 7.46. The van der Waals surface area contributed by atoms with Crippen LogP contribution in [0.3, 0.4) is 0 Å². The lowest BCUT2D eigenvalue weighted by Gasteiger charge is -2.23. The number of aliphatic hydroxyl groups is 1. The Balaban J connectivity index is 1.71. The molecule has 2 aromatic heterocycles. The number of halogens is 1. The Kier molecular flexibility index (Phi) is 5.69. The Labute approximate surface area is 173 Å². The van der Waals surface area contributed by atoms with Crippen molar-refractivity contribution in [2.24, 2.45) is 0 Å². The first kappa shape index (κ1) is 19.3. The summed E-state index contributed by atoms with van der Waals surface area (Å²) in [5.74, 6) is -0.165. The van der Waals surface area contributed by atoms with Crippen LogP contribution in [-0.2, 0) is 13.1 Å². The Bertz CT molecular complexity index is 1120. The lowest BCUT2D eigenvalue weighted by atomic mass is 10.2. The zero-order valence-corrected chi connectivity index (χ0v) is 16.5. The van der Waals surface area contributed by atoms with Crippen LogP contribution >= 0.6 is 11.6 Å². The maximum atomic E-state index is 13.4. The van der Waals surface area contributed by atoms with Crippen molar-refractivity contribution in [3.05, 3.63) is 94.8 Å². The zero-order chi connectivity index (χ0) is 20.2. The Morgan fingerprint density at radius 1 is 1.07 bits per heavy atom. The molecular weight excluding hydrogens is 388 g/mol. The average Bonchev–Trinajstić information content (AvgIpc) is 3.32. The predicted molar refractivity (Wildman–Crippen MR) is 113 cm³/mol. The van der Waals surface area contributed by atoms with Crippen LogP contribution in [0.4, 0.5) is 0 Å². The molecule has 0 bridgehead atoms. The summed E-state index contributed by atoms with van der Waals surface area (Å²) in [7, 11) is 0. The molecule has 0 saturated heterocycles. The topological polar surface area (TPSA) is 58.6 Å². The number of furan rings is 1. The Hall–Kier alpha value is -3.02. The number of aromatic nitrogens is 1. The van der Waals surface area contributed by atoms with E-state index < -0.39 is 0 Å². The van der Waals surface area contributed by atoms with Gasteiger partial charge in [0.25, 0.3) is 5.91 Å². The smallest absolute Gasteiger partial charge is 0.271 e. The molecular formula is C23H21ClN2O3. The molecule has 6 heteroatoms. The second-order valence-corrected chi connectivity index (χ2v) is 7.22. The molecule has 0 fully saturated rings. The SMILES string of the molecule is O=C(c1cc2occc2n1Cc1ccccc1Cl)N(CCO)Cc1ccccc1. The van der Waals surface area contributed by atoms with Crippen molar-refractivity contribution >= 4 is 28.6 Å². The van der Waals surface area contributed by atoms with Crippen molar-refractivity contribution in [2.45, 2.75) is 13.1 Å². The van der Waals surface area contributed by atoms with Gasteiger partial charge >= 0.3 is 0 Å². The largest absolute Gasteiger partial charge is 0.463 e. The first-order chi connectivity index (χ1) is 14.2. The number of carbonyl (C=O) groups is 1. The first-order valence-corrected chi connectivity index (χ1v) is 9.79. The van der Waals surface area contributed by atoms with Gasteiger partial charge in [-0.2, -0.15) is 0 Å². The monoisotopic (exact) mass is 408 g/mol. The summed E-state index contributed by atoms with van der Waals surface area (Å²) in [6, 6.07) is 20.9. The summed E-state index contributed by atoms with van der Waals surface area (Å²) >= 11 is 6.35. The molecule has 148 valence electrons. The van der Waals surface area contributed by atoms with Gasteiger partial charge in [0.15, 0.2) is 5.58 Å². The zero-order valence-electron chi connectivity index (χ0n) is 15.8. The number of nitrogens with zero attached hydrogens (tertiary/aromatic N) is 2. The molecule has 2 aromatic carbocycles. The van der Waals surface area contributed by atoms with E-state index in [2.05, 4.69) is 0 Å². The number of hydrogen-bond donors (Lipinski definition) is 1. The van der Waals surface area contributed by atoms with Gasteiger partial charge in [-0.25, -0.2) is 0 Å². The molecule has 1 N–H and O–H groups in total. The van der Waals surface area contributed by atoms with Crippen LogP contribution in [0.5, 0.6) is 0 Å². The molecule has 0 aliphatic carbocycles. The first-order valence-electron chi connectivity index (χ1n) is 9.41. The second-order valence-electron chi connectivity index (χ2n) is 6.81. The molecule has 0 aliphatic rings. The fraction of sp³-hybridized carbons (Fsp3) is 0.174. The van der Waals surface area contributed by atoms with Crippen LogP contribution < -0.4 is 0 Å². The summed E-state index contributed by atoms with van der Waals surface area (Å²) in [6.07, 6.45) is 1.61. The predicted octanol–water partition coefficient (Wildman–Crippen LogP) is 4.57. The van der Waals surface area contributed by atoms with Gasteiger partial charge in [-0.3, -0.25) is 4.79 Å². The molecule has 0 saturated carbocycles. The number of rotatable bonds is 7. The van der Waals surface area contributed by atoms with Crippen molar-refractivity contribution in [1.82, 2.24) is 9.47 Å². The van der Waals surface area contributed by atoms with E-state index in [1.165, 1.54) is 0 Å². The summed E-state index contributed by atoms with van der Waals surface area (Å²) in [6.45, 7) is 0.993. The highest BCUT2D eigenvalue weighted by molar-refractivity contribution is 6.31. The van der Waals surface area contributed by atoms with Gasteiger partial charge in [-0.15, -0.1) is 0 Å². The maximum Gasteiger partial charge on any atom is 0.271 e. The Morgan fingerprint density at radius 3 is 2.59 bits per heavy atom. The minimum Gasteiger partial charge on any atom is -0.463 e. The van der Waals surface area contributed by atoms with Gasteiger partial charge < -0.3 is 19.0 Å². The van der Waals surface area contributed by atoms with E-state index in [0.29, 0.717) is 29.4 Å². The molecule has 4 rings (SSSR count). The fourth-order valence-electron chi connectivity index (χ4n) is 3.46. The molecule has 0 aliphatic heterocycles. The van der Waals surface area contributed by atoms with Gasteiger partial charge in [0.1, 0.15) is 5.69 Å². The number of carbonyl (C=O) groups excluding carboxylic acids is 1. The lowest BCUT2D eigenvalue weighted by Crippen LogP contribution is -2.34. The van der Waals surface area contributed by atoms with E-state index in [9.17, 15) is 9.90 Å². The molecule has 29 heavy (non-hydrogen) atoms. The van der Waals surface area contributed by atoms with Gasteiger partial charge in [0.05, 0.1) is 18.4 Å². The van der Waals surface area contributed by atoms with Crippen LogP contribution in [0.2, 0.25) is 5.02 Å². The third-order valence-corrected chi connectivity index (χ3v) is 5.27. The molecule has 2 heterocycles. The van der Waals surface area contributed by atoms with Crippen molar-refractivity contribution in [3.63, 3.8) is 0 Å². The highest BCUT2D eigenvalue weighted by Gasteiger charge is 2.23. The fourth-order valence-corrected chi connectivity index (χ4v) is 3.66. The van der Waals surface area contributed by atoms with Crippen molar-refractivity contribution in [1.29, 1.82) is 0 Å². The molecule has 0 unspecified atom stereocenters. The summed E-state index contributed by atoms with van der Waals surface area (Å²) in [5.41, 5.74) is 3.89. The van der Waals surface area contributed by atoms with E-state index in [1.54, 1.807) is 17.2 Å².